The van der Waals surface area contributed by atoms with Gasteiger partial charge in [-0.3, -0.25) is 9.59 Å². The maximum atomic E-state index is 12.8. The number of rotatable bonds is 8. The van der Waals surface area contributed by atoms with Gasteiger partial charge in [0.1, 0.15) is 24.9 Å². The first kappa shape index (κ1) is 25.3. The third-order valence-corrected chi connectivity index (χ3v) is 5.42. The molecule has 0 aromatic heterocycles. The number of hydrogen-bond acceptors (Lipinski definition) is 9. The van der Waals surface area contributed by atoms with Gasteiger partial charge in [-0.05, 0) is 18.6 Å². The van der Waals surface area contributed by atoms with E-state index in [9.17, 15) is 29.7 Å². The van der Waals surface area contributed by atoms with Crippen LogP contribution in [0.1, 0.15) is 34.3 Å². The molecule has 0 unspecified atom stereocenters. The third-order valence-electron chi connectivity index (χ3n) is 5.42. The maximum absolute atomic E-state index is 12.8. The summed E-state index contributed by atoms with van der Waals surface area (Å²) in [6, 6.07) is 15.1. The Bertz CT molecular complexity index is 1040. The van der Waals surface area contributed by atoms with Crippen molar-refractivity contribution >= 4 is 17.7 Å². The summed E-state index contributed by atoms with van der Waals surface area (Å²) in [4.78, 5) is 37.6. The van der Waals surface area contributed by atoms with Gasteiger partial charge >= 0.3 is 11.9 Å². The van der Waals surface area contributed by atoms with Crippen molar-refractivity contribution in [1.82, 2.24) is 0 Å². The van der Waals surface area contributed by atoms with Crippen LogP contribution in [0.15, 0.2) is 67.3 Å². The van der Waals surface area contributed by atoms with Crippen LogP contribution in [0, 0.1) is 0 Å². The van der Waals surface area contributed by atoms with E-state index < -0.39 is 48.6 Å². The van der Waals surface area contributed by atoms with Crippen LogP contribution in [0.2, 0.25) is 0 Å². The van der Waals surface area contributed by atoms with Gasteiger partial charge in [0.25, 0.3) is 0 Å². The molecule has 34 heavy (non-hydrogen) atoms. The fourth-order valence-electron chi connectivity index (χ4n) is 3.42. The number of aliphatic hydroxyl groups excluding tert-OH is 3. The predicted octanol–water partition coefficient (Wildman–Crippen LogP) is 1.10. The highest BCUT2D eigenvalue weighted by molar-refractivity contribution is 6.09. The van der Waals surface area contributed by atoms with E-state index in [0.29, 0.717) is 16.7 Å². The Kier molecular flexibility index (Phi) is 8.30. The minimum atomic E-state index is -1.82. The van der Waals surface area contributed by atoms with Gasteiger partial charge in [0.05, 0.1) is 5.92 Å². The van der Waals surface area contributed by atoms with E-state index in [0.717, 1.165) is 0 Å². The second-order valence-electron chi connectivity index (χ2n) is 7.79. The van der Waals surface area contributed by atoms with Gasteiger partial charge in [0.2, 0.25) is 6.29 Å². The van der Waals surface area contributed by atoms with E-state index in [2.05, 4.69) is 6.58 Å². The molecule has 0 spiro atoms. The van der Waals surface area contributed by atoms with Crippen molar-refractivity contribution in [2.45, 2.75) is 43.5 Å². The minimum Gasteiger partial charge on any atom is -0.459 e. The van der Waals surface area contributed by atoms with Crippen LogP contribution < -0.4 is 0 Å². The Morgan fingerprint density at radius 2 is 1.68 bits per heavy atom. The number of carbonyl (C=O) groups is 3. The second kappa shape index (κ2) is 11.2. The molecular weight excluding hydrogens is 444 g/mol. The molecule has 0 amide bonds. The van der Waals surface area contributed by atoms with Crippen LogP contribution in [0.3, 0.4) is 0 Å². The number of hydrogen-bond donors (Lipinski definition) is 3. The smallest absolute Gasteiger partial charge is 0.338 e. The summed E-state index contributed by atoms with van der Waals surface area (Å²) >= 11 is 0. The van der Waals surface area contributed by atoms with E-state index in [1.54, 1.807) is 54.6 Å². The summed E-state index contributed by atoms with van der Waals surface area (Å²) in [6.45, 7) is 4.77. The molecular formula is C25H26O9. The van der Waals surface area contributed by atoms with Crippen molar-refractivity contribution in [2.24, 2.45) is 0 Å². The highest BCUT2D eigenvalue weighted by atomic mass is 16.7. The highest BCUT2D eigenvalue weighted by Gasteiger charge is 2.49. The molecule has 0 aliphatic carbocycles. The average molecular weight is 470 g/mol. The second-order valence-corrected chi connectivity index (χ2v) is 7.79. The molecule has 1 fully saturated rings. The Morgan fingerprint density at radius 3 is 2.35 bits per heavy atom. The fraction of sp³-hybridized carbons (Fsp3) is 0.320. The summed E-state index contributed by atoms with van der Waals surface area (Å²) in [5.74, 6) is -2.95. The molecule has 2 aromatic carbocycles. The molecule has 180 valence electrons. The monoisotopic (exact) mass is 470 g/mol. The lowest BCUT2D eigenvalue weighted by molar-refractivity contribution is -0.287. The van der Waals surface area contributed by atoms with Crippen molar-refractivity contribution < 1.29 is 43.9 Å². The van der Waals surface area contributed by atoms with Gasteiger partial charge in [-0.2, -0.15) is 0 Å². The molecule has 0 saturated carbocycles. The fourth-order valence-corrected chi connectivity index (χ4v) is 3.42. The molecule has 3 N–H and O–H groups in total. The van der Waals surface area contributed by atoms with Crippen LogP contribution in [0.4, 0.5) is 0 Å². The van der Waals surface area contributed by atoms with Gasteiger partial charge in [0, 0.05) is 11.1 Å². The molecule has 2 aromatic rings. The Balaban J connectivity index is 1.72. The molecule has 9 heteroatoms. The lowest BCUT2D eigenvalue weighted by Crippen LogP contribution is -2.61. The van der Waals surface area contributed by atoms with Gasteiger partial charge in [-0.1, -0.05) is 61.2 Å². The molecule has 6 atom stereocenters. The number of ether oxygens (including phenoxy) is 3. The van der Waals surface area contributed by atoms with Crippen molar-refractivity contribution in [2.75, 3.05) is 6.61 Å². The lowest BCUT2D eigenvalue weighted by Gasteiger charge is -2.38. The van der Waals surface area contributed by atoms with Crippen LogP contribution >= 0.6 is 0 Å². The third kappa shape index (κ3) is 5.57. The number of carbonyl (C=O) groups excluding carboxylic acids is 3. The molecule has 1 aliphatic rings. The van der Waals surface area contributed by atoms with Gasteiger partial charge in [0.15, 0.2) is 11.9 Å². The number of esters is 2. The van der Waals surface area contributed by atoms with E-state index in [-0.39, 0.29) is 12.4 Å². The standard InChI is InChI=1S/C25H26O9/c1-3-12-32-24(31)22-20(28)19(27)21(29)25(33-22)34-23(30)14(2)16-10-7-11-17(13-16)18(26)15-8-5-4-6-9-15/h3-11,13-14,19-22,25,27-29H,1,12H2,2H3/t14-,19+,20-,21-,22+,25-/m0/s1. The molecule has 0 bridgehead atoms. The zero-order valence-corrected chi connectivity index (χ0v) is 18.4. The summed E-state index contributed by atoms with van der Waals surface area (Å²) in [7, 11) is 0. The summed E-state index contributed by atoms with van der Waals surface area (Å²) in [5, 5.41) is 30.4. The van der Waals surface area contributed by atoms with E-state index in [1.165, 1.54) is 13.0 Å². The average Bonchev–Trinajstić information content (AvgIpc) is 2.87. The number of ketones is 1. The summed E-state index contributed by atoms with van der Waals surface area (Å²) in [6.07, 6.45) is -7.54. The van der Waals surface area contributed by atoms with E-state index in [1.807, 2.05) is 0 Å². The molecule has 3 rings (SSSR count). The van der Waals surface area contributed by atoms with E-state index >= 15 is 0 Å². The van der Waals surface area contributed by atoms with Gasteiger partial charge in [-0.15, -0.1) is 0 Å². The predicted molar refractivity (Wildman–Crippen MR) is 119 cm³/mol. The first-order valence-electron chi connectivity index (χ1n) is 10.6. The van der Waals surface area contributed by atoms with Crippen molar-refractivity contribution in [3.63, 3.8) is 0 Å². The first-order chi connectivity index (χ1) is 16.2. The largest absolute Gasteiger partial charge is 0.459 e. The molecule has 1 saturated heterocycles. The van der Waals surface area contributed by atoms with Crippen LogP contribution in [-0.4, -0.2) is 70.4 Å². The first-order valence-corrected chi connectivity index (χ1v) is 10.6. The maximum Gasteiger partial charge on any atom is 0.338 e. The minimum absolute atomic E-state index is 0.163. The Morgan fingerprint density at radius 1 is 1.00 bits per heavy atom. The zero-order valence-electron chi connectivity index (χ0n) is 18.4. The topological polar surface area (TPSA) is 140 Å². The number of aliphatic hydroxyl groups is 3. The Labute approximate surface area is 196 Å². The van der Waals surface area contributed by atoms with Gasteiger partial charge < -0.3 is 29.5 Å². The van der Waals surface area contributed by atoms with Crippen LogP contribution in [0.5, 0.6) is 0 Å². The van der Waals surface area contributed by atoms with Crippen LogP contribution in [-0.2, 0) is 23.8 Å². The summed E-state index contributed by atoms with van der Waals surface area (Å²) < 4.78 is 15.3. The SMILES string of the molecule is C=CCOC(=O)[C@@H]1O[C@@H](OC(=O)[C@@H](C)c2cccc(C(=O)c3ccccc3)c2)[C@@H](O)[C@H](O)[C@@H]1O. The molecule has 0 radical (unpaired) electrons. The molecule has 1 aliphatic heterocycles. The summed E-state index contributed by atoms with van der Waals surface area (Å²) in [5.41, 5.74) is 1.34. The normalized spacial score (nSPS) is 25.1. The quantitative estimate of drug-likeness (QED) is 0.294. The van der Waals surface area contributed by atoms with Crippen molar-refractivity contribution in [1.29, 1.82) is 0 Å². The highest BCUT2D eigenvalue weighted by Crippen LogP contribution is 2.26. The molecule has 9 nitrogen and oxygen atoms in total. The van der Waals surface area contributed by atoms with Crippen LogP contribution in [0.25, 0.3) is 0 Å². The zero-order chi connectivity index (χ0) is 24.8. The van der Waals surface area contributed by atoms with E-state index in [4.69, 9.17) is 14.2 Å². The van der Waals surface area contributed by atoms with Crippen molar-refractivity contribution in [3.05, 3.63) is 83.9 Å². The van der Waals surface area contributed by atoms with Crippen molar-refractivity contribution in [3.8, 4) is 0 Å². The lowest BCUT2D eigenvalue weighted by atomic mass is 9.95. The molecule has 1 heterocycles. The Hall–Kier alpha value is -3.37. The number of benzene rings is 2. The van der Waals surface area contributed by atoms with Gasteiger partial charge in [-0.25, -0.2) is 4.79 Å².